The van der Waals surface area contributed by atoms with E-state index in [4.69, 9.17) is 5.11 Å². The number of hydrogen-bond donors (Lipinski definition) is 1. The highest BCUT2D eigenvalue weighted by Crippen LogP contribution is 2.25. The summed E-state index contributed by atoms with van der Waals surface area (Å²) in [4.78, 5) is 27.3. The van der Waals surface area contributed by atoms with Gasteiger partial charge in [0.1, 0.15) is 0 Å². The van der Waals surface area contributed by atoms with Crippen molar-refractivity contribution in [3.8, 4) is 0 Å². The lowest BCUT2D eigenvalue weighted by atomic mass is 9.87. The molecule has 0 spiro atoms. The number of likely N-dealkylation sites (tertiary alicyclic amines) is 1. The number of carbonyl (C=O) groups is 2. The van der Waals surface area contributed by atoms with E-state index in [9.17, 15) is 9.59 Å². The number of rotatable bonds is 6. The maximum absolute atomic E-state index is 12.4. The number of amides is 1. The molecule has 21 heavy (non-hydrogen) atoms. The SMILES string of the molecule is CCN(C(=O)CN1CC(C(C)C(=O)O)C1)C1=CCCCC1. The number of carboxylic acids is 1. The van der Waals surface area contributed by atoms with E-state index in [-0.39, 0.29) is 17.7 Å². The van der Waals surface area contributed by atoms with Crippen molar-refractivity contribution in [2.24, 2.45) is 11.8 Å². The van der Waals surface area contributed by atoms with Gasteiger partial charge in [-0.15, -0.1) is 0 Å². The van der Waals surface area contributed by atoms with Gasteiger partial charge in [0.2, 0.25) is 5.91 Å². The Morgan fingerprint density at radius 3 is 2.67 bits per heavy atom. The Balaban J connectivity index is 1.82. The van der Waals surface area contributed by atoms with Crippen LogP contribution in [-0.2, 0) is 9.59 Å². The largest absolute Gasteiger partial charge is 0.481 e. The lowest BCUT2D eigenvalue weighted by Gasteiger charge is -2.41. The number of nitrogens with zero attached hydrogens (tertiary/aromatic N) is 2. The molecule has 1 fully saturated rings. The van der Waals surface area contributed by atoms with Gasteiger partial charge in [-0.25, -0.2) is 0 Å². The second-order valence-electron chi connectivity index (χ2n) is 6.16. The third-order valence-corrected chi connectivity index (χ3v) is 4.67. The van der Waals surface area contributed by atoms with Crippen LogP contribution in [0.1, 0.15) is 39.5 Å². The van der Waals surface area contributed by atoms with Crippen LogP contribution >= 0.6 is 0 Å². The minimum atomic E-state index is -0.742. The van der Waals surface area contributed by atoms with E-state index >= 15 is 0 Å². The van der Waals surface area contributed by atoms with Crippen LogP contribution in [0.5, 0.6) is 0 Å². The number of hydrogen-bond acceptors (Lipinski definition) is 3. The third-order valence-electron chi connectivity index (χ3n) is 4.67. The van der Waals surface area contributed by atoms with Crippen molar-refractivity contribution in [2.75, 3.05) is 26.2 Å². The number of aliphatic carboxylic acids is 1. The van der Waals surface area contributed by atoms with Gasteiger partial charge in [0.05, 0.1) is 12.5 Å². The Morgan fingerprint density at radius 1 is 1.43 bits per heavy atom. The molecule has 0 aromatic heterocycles. The molecule has 0 aromatic rings. The highest BCUT2D eigenvalue weighted by molar-refractivity contribution is 5.80. The summed E-state index contributed by atoms with van der Waals surface area (Å²) in [5, 5.41) is 8.98. The van der Waals surface area contributed by atoms with Gasteiger partial charge >= 0.3 is 5.97 Å². The van der Waals surface area contributed by atoms with Gasteiger partial charge in [-0.3, -0.25) is 14.5 Å². The monoisotopic (exact) mass is 294 g/mol. The van der Waals surface area contributed by atoms with Gasteiger partial charge in [0.15, 0.2) is 0 Å². The van der Waals surface area contributed by atoms with E-state index in [2.05, 4.69) is 11.0 Å². The van der Waals surface area contributed by atoms with Crippen LogP contribution in [0.25, 0.3) is 0 Å². The highest BCUT2D eigenvalue weighted by Gasteiger charge is 2.36. The number of allylic oxidation sites excluding steroid dienone is 2. The van der Waals surface area contributed by atoms with Crippen LogP contribution in [0.4, 0.5) is 0 Å². The molecule has 1 heterocycles. The average molecular weight is 294 g/mol. The first-order valence-electron chi connectivity index (χ1n) is 7.97. The Morgan fingerprint density at radius 2 is 2.14 bits per heavy atom. The number of likely N-dealkylation sites (N-methyl/N-ethyl adjacent to an activating group) is 1. The van der Waals surface area contributed by atoms with Crippen molar-refractivity contribution in [3.05, 3.63) is 11.8 Å². The molecule has 5 nitrogen and oxygen atoms in total. The Bertz CT molecular complexity index is 427. The van der Waals surface area contributed by atoms with Crippen LogP contribution in [0.2, 0.25) is 0 Å². The summed E-state index contributed by atoms with van der Waals surface area (Å²) in [5.74, 6) is -0.737. The molecule has 0 bridgehead atoms. The van der Waals surface area contributed by atoms with Crippen molar-refractivity contribution in [1.29, 1.82) is 0 Å². The molecule has 1 N–H and O–H groups in total. The Labute approximate surface area is 126 Å². The maximum Gasteiger partial charge on any atom is 0.306 e. The number of carbonyl (C=O) groups excluding carboxylic acids is 1. The fourth-order valence-electron chi connectivity index (χ4n) is 3.14. The van der Waals surface area contributed by atoms with Gasteiger partial charge < -0.3 is 10.0 Å². The van der Waals surface area contributed by atoms with Gasteiger partial charge in [-0.05, 0) is 38.5 Å². The standard InChI is InChI=1S/C16H26N2O3/c1-3-18(14-7-5-4-6-8-14)15(19)11-17-9-13(10-17)12(2)16(20)21/h7,12-13H,3-6,8-11H2,1-2H3,(H,20,21). The van der Waals surface area contributed by atoms with Crippen LogP contribution in [0.3, 0.4) is 0 Å². The topological polar surface area (TPSA) is 60.9 Å². The lowest BCUT2D eigenvalue weighted by molar-refractivity contribution is -0.146. The smallest absolute Gasteiger partial charge is 0.306 e. The minimum absolute atomic E-state index is 0.145. The normalized spacial score (nSPS) is 21.3. The first kappa shape index (κ1) is 16.0. The second-order valence-corrected chi connectivity index (χ2v) is 6.16. The van der Waals surface area contributed by atoms with Crippen molar-refractivity contribution in [3.63, 3.8) is 0 Å². The first-order valence-corrected chi connectivity index (χ1v) is 7.97. The fraction of sp³-hybridized carbons (Fsp3) is 0.750. The first-order chi connectivity index (χ1) is 10.0. The van der Waals surface area contributed by atoms with Gasteiger partial charge in [-0.1, -0.05) is 13.0 Å². The number of carboxylic acid groups (broad SMARTS) is 1. The average Bonchev–Trinajstić information content (AvgIpc) is 2.43. The molecule has 0 saturated carbocycles. The van der Waals surface area contributed by atoms with Crippen molar-refractivity contribution in [1.82, 2.24) is 9.80 Å². The van der Waals surface area contributed by atoms with Crippen LogP contribution in [0.15, 0.2) is 11.8 Å². The zero-order chi connectivity index (χ0) is 15.4. The van der Waals surface area contributed by atoms with E-state index in [1.807, 2.05) is 11.8 Å². The highest BCUT2D eigenvalue weighted by atomic mass is 16.4. The van der Waals surface area contributed by atoms with Gasteiger partial charge in [0, 0.05) is 25.3 Å². The molecule has 5 heteroatoms. The third kappa shape index (κ3) is 3.84. The van der Waals surface area contributed by atoms with Crippen LogP contribution < -0.4 is 0 Å². The lowest BCUT2D eigenvalue weighted by Crippen LogP contribution is -2.54. The van der Waals surface area contributed by atoms with Gasteiger partial charge in [0.25, 0.3) is 0 Å². The van der Waals surface area contributed by atoms with E-state index in [1.54, 1.807) is 6.92 Å². The molecular formula is C16H26N2O3. The molecule has 0 radical (unpaired) electrons. The fourth-order valence-corrected chi connectivity index (χ4v) is 3.14. The molecule has 2 aliphatic rings. The summed E-state index contributed by atoms with van der Waals surface area (Å²) in [6.07, 6.45) is 6.64. The molecule has 1 aliphatic carbocycles. The summed E-state index contributed by atoms with van der Waals surface area (Å²) in [6, 6.07) is 0. The predicted octanol–water partition coefficient (Wildman–Crippen LogP) is 1.95. The zero-order valence-electron chi connectivity index (χ0n) is 13.0. The molecule has 0 aromatic carbocycles. The minimum Gasteiger partial charge on any atom is -0.481 e. The molecule has 118 valence electrons. The molecule has 1 saturated heterocycles. The van der Waals surface area contributed by atoms with E-state index in [0.717, 1.165) is 32.4 Å². The van der Waals surface area contributed by atoms with E-state index in [0.29, 0.717) is 13.1 Å². The van der Waals surface area contributed by atoms with Crippen LogP contribution in [-0.4, -0.2) is 53.0 Å². The van der Waals surface area contributed by atoms with Crippen molar-refractivity contribution < 1.29 is 14.7 Å². The second kappa shape index (κ2) is 7.07. The zero-order valence-corrected chi connectivity index (χ0v) is 13.0. The molecule has 1 aliphatic heterocycles. The summed E-state index contributed by atoms with van der Waals surface area (Å²) in [6.45, 7) is 6.32. The molecule has 1 unspecified atom stereocenters. The van der Waals surface area contributed by atoms with Crippen LogP contribution in [0, 0.1) is 11.8 Å². The Kier molecular flexibility index (Phi) is 5.39. The van der Waals surface area contributed by atoms with Gasteiger partial charge in [-0.2, -0.15) is 0 Å². The van der Waals surface area contributed by atoms with Crippen molar-refractivity contribution in [2.45, 2.75) is 39.5 Å². The summed E-state index contributed by atoms with van der Waals surface area (Å²) in [7, 11) is 0. The summed E-state index contributed by atoms with van der Waals surface area (Å²) >= 11 is 0. The summed E-state index contributed by atoms with van der Waals surface area (Å²) < 4.78 is 0. The quantitative estimate of drug-likeness (QED) is 0.813. The molecular weight excluding hydrogens is 268 g/mol. The molecule has 1 atom stereocenters. The predicted molar refractivity (Wildman–Crippen MR) is 80.7 cm³/mol. The van der Waals surface area contributed by atoms with E-state index < -0.39 is 5.97 Å². The Hall–Kier alpha value is -1.36. The summed E-state index contributed by atoms with van der Waals surface area (Å²) in [5.41, 5.74) is 1.17. The maximum atomic E-state index is 12.4. The van der Waals surface area contributed by atoms with E-state index in [1.165, 1.54) is 12.1 Å². The molecule has 1 amide bonds. The van der Waals surface area contributed by atoms with Crippen molar-refractivity contribution >= 4 is 11.9 Å². The molecule has 2 rings (SSSR count).